The number of carbonyl (C=O) groups excluding carboxylic acids is 1. The van der Waals surface area contributed by atoms with Gasteiger partial charge < -0.3 is 0 Å². The molecule has 1 aliphatic heterocycles. The minimum Gasteiger partial charge on any atom is -0.147 e. The van der Waals surface area contributed by atoms with Crippen LogP contribution in [0.4, 0.5) is 0 Å². The molecule has 0 saturated carbocycles. The second-order valence-corrected chi connectivity index (χ2v) is 9.71. The van der Waals surface area contributed by atoms with Crippen molar-refractivity contribution in [3.8, 4) is 0 Å². The largest absolute Gasteiger partial charge is 0.147 e. The fourth-order valence-corrected chi connectivity index (χ4v) is 4.75. The van der Waals surface area contributed by atoms with Crippen LogP contribution >= 0.6 is 12.4 Å². The van der Waals surface area contributed by atoms with Crippen LogP contribution in [0.3, 0.4) is 0 Å². The molecule has 0 unspecified atom stereocenters. The second-order valence-electron chi connectivity index (χ2n) is 5.79. The van der Waals surface area contributed by atoms with Crippen LogP contribution in [0.2, 0.25) is 5.23 Å². The standard InChI is InChI=1S/C12H27N4.C2H3O.CH3.ClH.Ti/c1-5-13-7-2-9-15-11-4-12-16-10-3-8-14-6-1;1-2-3;;;/h13-15H,1-12H2;1H3;1H3;1H;/q-1;;;;+1. The van der Waals surface area contributed by atoms with Crippen molar-refractivity contribution < 1.29 is 22.9 Å². The minimum atomic E-state index is -1.66. The van der Waals surface area contributed by atoms with Crippen LogP contribution < -0.4 is 16.0 Å². The Hall–Kier alpha value is 0.514. The number of hydrogen-bond donors (Lipinski definition) is 3. The number of nitrogens with zero attached hydrogens (tertiary/aromatic N) is 1. The van der Waals surface area contributed by atoms with E-state index < -0.39 is 18.1 Å². The van der Waals surface area contributed by atoms with E-state index in [4.69, 9.17) is 0 Å². The fraction of sp³-hybridized carbons (Fsp3) is 0.933. The maximum absolute atomic E-state index is 11.7. The van der Waals surface area contributed by atoms with Crippen molar-refractivity contribution in [3.63, 3.8) is 0 Å². The molecule has 131 valence electrons. The predicted molar refractivity (Wildman–Crippen MR) is 92.4 cm³/mol. The number of hydrogen-bond acceptors (Lipinski definition) is 5. The van der Waals surface area contributed by atoms with E-state index >= 15 is 0 Å². The number of halogens is 1. The molecule has 0 aromatic carbocycles. The molecular weight excluding hydrogens is 336 g/mol. The summed E-state index contributed by atoms with van der Waals surface area (Å²) in [6.45, 7) is 10.5. The molecule has 0 radical (unpaired) electrons. The maximum atomic E-state index is 11.7. The fourth-order valence-electron chi connectivity index (χ4n) is 2.51. The molecule has 0 atom stereocenters. The van der Waals surface area contributed by atoms with Gasteiger partial charge in [0, 0.05) is 0 Å². The summed E-state index contributed by atoms with van der Waals surface area (Å²) in [4.78, 5) is 11.7. The van der Waals surface area contributed by atoms with Gasteiger partial charge >= 0.3 is 137 Å². The van der Waals surface area contributed by atoms with Gasteiger partial charge in [0.2, 0.25) is 0 Å². The zero-order valence-corrected chi connectivity index (χ0v) is 16.6. The Morgan fingerprint density at radius 2 is 1.18 bits per heavy atom. The Morgan fingerprint density at radius 1 is 0.818 bits per heavy atom. The third-order valence-corrected chi connectivity index (χ3v) is 7.73. The number of nitrogens with one attached hydrogen (secondary N) is 3. The van der Waals surface area contributed by atoms with Gasteiger partial charge in [-0.15, -0.1) is 12.4 Å². The summed E-state index contributed by atoms with van der Waals surface area (Å²) in [5.41, 5.74) is 0. The number of carbonyl (C=O) groups is 1. The van der Waals surface area contributed by atoms with Crippen LogP contribution in [0.5, 0.6) is 0 Å². The molecule has 1 fully saturated rings. The van der Waals surface area contributed by atoms with Crippen LogP contribution in [-0.2, 0) is 22.9 Å². The van der Waals surface area contributed by atoms with Gasteiger partial charge in [0.15, 0.2) is 0 Å². The van der Waals surface area contributed by atoms with Crippen molar-refractivity contribution in [2.24, 2.45) is 0 Å². The molecule has 1 aliphatic rings. The van der Waals surface area contributed by atoms with Gasteiger partial charge in [-0.25, -0.2) is 0 Å². The Morgan fingerprint density at radius 3 is 1.55 bits per heavy atom. The third-order valence-electron chi connectivity index (χ3n) is 3.96. The van der Waals surface area contributed by atoms with Crippen molar-refractivity contribution >= 4 is 16.5 Å². The molecule has 1 heterocycles. The Kier molecular flexibility index (Phi) is 15.4. The van der Waals surface area contributed by atoms with Crippen molar-refractivity contribution in [3.05, 3.63) is 0 Å². The monoisotopic (exact) mass is 369 g/mol. The number of rotatable bonds is 2. The molecule has 0 aromatic rings. The van der Waals surface area contributed by atoms with Crippen LogP contribution in [0.1, 0.15) is 32.6 Å². The van der Waals surface area contributed by atoms with Crippen molar-refractivity contribution in [1.29, 1.82) is 0 Å². The molecule has 3 N–H and O–H groups in total. The van der Waals surface area contributed by atoms with E-state index in [2.05, 4.69) is 24.6 Å². The van der Waals surface area contributed by atoms with Gasteiger partial charge in [0.05, 0.1) is 0 Å². The van der Waals surface area contributed by atoms with Gasteiger partial charge in [-0.1, -0.05) is 0 Å². The second kappa shape index (κ2) is 15.1. The average Bonchev–Trinajstić information content (AvgIpc) is 2.46. The summed E-state index contributed by atoms with van der Waals surface area (Å²) >= 11 is -1.66. The maximum Gasteiger partial charge on any atom is -0.147 e. The van der Waals surface area contributed by atoms with E-state index in [0.717, 1.165) is 65.2 Å². The zero-order valence-electron chi connectivity index (χ0n) is 14.2. The van der Waals surface area contributed by atoms with E-state index in [1.807, 2.05) is 0 Å². The summed E-state index contributed by atoms with van der Waals surface area (Å²) in [6.07, 6.45) is 4.69. The van der Waals surface area contributed by atoms with Gasteiger partial charge in [0.1, 0.15) is 0 Å². The average molecular weight is 370 g/mol. The molecule has 0 aliphatic carbocycles. The summed E-state index contributed by atoms with van der Waals surface area (Å²) in [5, 5.41) is 12.7. The first-order valence-electron chi connectivity index (χ1n) is 8.43. The van der Waals surface area contributed by atoms with E-state index in [0.29, 0.717) is 4.09 Å². The normalized spacial score (nSPS) is 20.8. The van der Waals surface area contributed by atoms with E-state index in [-0.39, 0.29) is 12.4 Å². The third kappa shape index (κ3) is 11.1. The summed E-state index contributed by atoms with van der Waals surface area (Å²) in [7, 11) is 0. The first kappa shape index (κ1) is 22.5. The van der Waals surface area contributed by atoms with E-state index in [9.17, 15) is 4.79 Å². The van der Waals surface area contributed by atoms with Crippen LogP contribution in [-0.4, -0.2) is 59.8 Å². The van der Waals surface area contributed by atoms with Crippen molar-refractivity contribution in [2.45, 2.75) is 37.8 Å². The molecule has 7 heteroatoms. The molecule has 1 rings (SSSR count). The molecular formula is C15H34ClN4OTi. The van der Waals surface area contributed by atoms with Gasteiger partial charge in [-0.2, -0.15) is 0 Å². The first-order valence-corrected chi connectivity index (χ1v) is 11.5. The quantitative estimate of drug-likeness (QED) is 0.638. The molecule has 1 saturated heterocycles. The molecule has 22 heavy (non-hydrogen) atoms. The molecule has 0 bridgehead atoms. The SMILES string of the molecule is C[C](=O)[Ti]([CH3])[N]1CCCNCCCNCCCNCCC1.Cl. The molecule has 0 amide bonds. The summed E-state index contributed by atoms with van der Waals surface area (Å²) in [6, 6.07) is 0. The smallest absolute Gasteiger partial charge is 0.147 e. The topological polar surface area (TPSA) is 56.4 Å². The summed E-state index contributed by atoms with van der Waals surface area (Å²) in [5.74, 6) is 0. The first-order chi connectivity index (χ1) is 10.2. The van der Waals surface area contributed by atoms with Gasteiger partial charge in [-0.3, -0.25) is 0 Å². The molecule has 0 spiro atoms. The van der Waals surface area contributed by atoms with Gasteiger partial charge in [0.25, 0.3) is 0 Å². The minimum absolute atomic E-state index is 0. The summed E-state index contributed by atoms with van der Waals surface area (Å²) < 4.78 is 2.94. The Labute approximate surface area is 148 Å². The van der Waals surface area contributed by atoms with Crippen LogP contribution in [0, 0.1) is 0 Å². The predicted octanol–water partition coefficient (Wildman–Crippen LogP) is 1.18. The van der Waals surface area contributed by atoms with E-state index in [1.165, 1.54) is 12.8 Å². The van der Waals surface area contributed by atoms with E-state index in [1.54, 1.807) is 6.92 Å². The van der Waals surface area contributed by atoms with Crippen LogP contribution in [0.15, 0.2) is 0 Å². The van der Waals surface area contributed by atoms with Crippen LogP contribution in [0.25, 0.3) is 0 Å². The van der Waals surface area contributed by atoms with Crippen molar-refractivity contribution in [2.75, 3.05) is 52.4 Å². The Balaban J connectivity index is 0.00000441. The van der Waals surface area contributed by atoms with Gasteiger partial charge in [-0.05, 0) is 0 Å². The zero-order chi connectivity index (χ0) is 15.3. The van der Waals surface area contributed by atoms with Crippen molar-refractivity contribution in [1.82, 2.24) is 19.3 Å². The Bertz CT molecular complexity index is 268. The molecule has 0 aromatic heterocycles. The molecule has 5 nitrogen and oxygen atoms in total.